The lowest BCUT2D eigenvalue weighted by Crippen LogP contribution is -2.29. The molecule has 0 aliphatic carbocycles. The summed E-state index contributed by atoms with van der Waals surface area (Å²) >= 11 is 0. The van der Waals surface area contributed by atoms with E-state index in [2.05, 4.69) is 19.9 Å². The van der Waals surface area contributed by atoms with Crippen molar-refractivity contribution in [2.45, 2.75) is 45.8 Å². The lowest BCUT2D eigenvalue weighted by molar-refractivity contribution is 0.150. The first-order chi connectivity index (χ1) is 9.49. The van der Waals surface area contributed by atoms with Crippen LogP contribution in [0.4, 0.5) is 0 Å². The second-order valence-electron chi connectivity index (χ2n) is 5.54. The van der Waals surface area contributed by atoms with Crippen molar-refractivity contribution >= 4 is 0 Å². The normalized spacial score (nSPS) is 14.3. The fourth-order valence-electron chi connectivity index (χ4n) is 2.23. The highest BCUT2D eigenvalue weighted by atomic mass is 16.5. The van der Waals surface area contributed by atoms with Crippen LogP contribution in [0.2, 0.25) is 0 Å². The molecule has 0 aliphatic rings. The maximum Gasteiger partial charge on any atom is 0.171 e. The summed E-state index contributed by atoms with van der Waals surface area (Å²) < 4.78 is 11.8. The zero-order valence-corrected chi connectivity index (χ0v) is 12.6. The summed E-state index contributed by atoms with van der Waals surface area (Å²) in [6.45, 7) is 8.16. The van der Waals surface area contributed by atoms with Gasteiger partial charge in [0.2, 0.25) is 0 Å². The quantitative estimate of drug-likeness (QED) is 0.889. The topological polar surface area (TPSA) is 48.4 Å². The molecule has 0 amide bonds. The molecule has 0 aliphatic heterocycles. The monoisotopic (exact) mass is 273 g/mol. The zero-order valence-electron chi connectivity index (χ0n) is 12.6. The zero-order chi connectivity index (χ0) is 14.7. The van der Waals surface area contributed by atoms with Crippen molar-refractivity contribution in [1.82, 2.24) is 0 Å². The van der Waals surface area contributed by atoms with E-state index in [1.165, 1.54) is 5.56 Å². The Morgan fingerprint density at radius 1 is 1.05 bits per heavy atom. The van der Waals surface area contributed by atoms with Crippen LogP contribution < -0.4 is 10.5 Å². The summed E-state index contributed by atoms with van der Waals surface area (Å²) in [7, 11) is 0. The third-order valence-corrected chi connectivity index (χ3v) is 3.31. The third kappa shape index (κ3) is 3.23. The number of furan rings is 1. The van der Waals surface area contributed by atoms with Crippen LogP contribution in [0.1, 0.15) is 49.9 Å². The van der Waals surface area contributed by atoms with E-state index in [1.807, 2.05) is 44.2 Å². The minimum Gasteiger partial charge on any atom is -0.481 e. The maximum absolute atomic E-state index is 6.15. The number of nitrogens with two attached hydrogens (primary N) is 1. The van der Waals surface area contributed by atoms with E-state index in [9.17, 15) is 0 Å². The Kier molecular flexibility index (Phi) is 4.50. The van der Waals surface area contributed by atoms with Gasteiger partial charge < -0.3 is 14.9 Å². The Morgan fingerprint density at radius 3 is 2.30 bits per heavy atom. The van der Waals surface area contributed by atoms with Gasteiger partial charge in [0.15, 0.2) is 6.10 Å². The molecule has 2 unspecified atom stereocenters. The van der Waals surface area contributed by atoms with E-state index in [0.717, 1.165) is 17.3 Å². The van der Waals surface area contributed by atoms with E-state index in [-0.39, 0.29) is 12.1 Å². The van der Waals surface area contributed by atoms with E-state index in [4.69, 9.17) is 14.9 Å². The van der Waals surface area contributed by atoms with Crippen LogP contribution in [0, 0.1) is 6.92 Å². The molecule has 0 saturated heterocycles. The lowest BCUT2D eigenvalue weighted by atomic mass is 10.0. The number of aryl methyl sites for hydroxylation is 1. The van der Waals surface area contributed by atoms with E-state index in [0.29, 0.717) is 5.92 Å². The van der Waals surface area contributed by atoms with Gasteiger partial charge in [-0.1, -0.05) is 32.0 Å². The highest BCUT2D eigenvalue weighted by Crippen LogP contribution is 2.31. The predicted molar refractivity (Wildman–Crippen MR) is 81.0 cm³/mol. The fraction of sp³-hybridized carbons (Fsp3) is 0.412. The van der Waals surface area contributed by atoms with Gasteiger partial charge in [-0.2, -0.15) is 0 Å². The van der Waals surface area contributed by atoms with Gasteiger partial charge in [-0.15, -0.1) is 0 Å². The molecule has 2 N–H and O–H groups in total. The molecule has 1 aromatic carbocycles. The largest absolute Gasteiger partial charge is 0.481 e. The van der Waals surface area contributed by atoms with Crippen LogP contribution >= 0.6 is 0 Å². The number of rotatable bonds is 5. The predicted octanol–water partition coefficient (Wildman–Crippen LogP) is 4.18. The summed E-state index contributed by atoms with van der Waals surface area (Å²) in [4.78, 5) is 0. The van der Waals surface area contributed by atoms with Crippen molar-refractivity contribution in [3.8, 4) is 5.75 Å². The molecule has 2 aromatic rings. The van der Waals surface area contributed by atoms with Crippen LogP contribution in [-0.2, 0) is 0 Å². The second-order valence-corrected chi connectivity index (χ2v) is 5.54. The van der Waals surface area contributed by atoms with Gasteiger partial charge in [0.1, 0.15) is 17.3 Å². The number of hydrogen-bond acceptors (Lipinski definition) is 3. The molecule has 0 bridgehead atoms. The first-order valence-corrected chi connectivity index (χ1v) is 7.06. The summed E-state index contributed by atoms with van der Waals surface area (Å²) in [5.41, 5.74) is 7.25. The number of benzene rings is 1. The van der Waals surface area contributed by atoms with Crippen molar-refractivity contribution in [2.24, 2.45) is 5.73 Å². The van der Waals surface area contributed by atoms with Crippen LogP contribution in [0.5, 0.6) is 5.75 Å². The summed E-state index contributed by atoms with van der Waals surface area (Å²) in [5, 5.41) is 0. The molecule has 20 heavy (non-hydrogen) atoms. The summed E-state index contributed by atoms with van der Waals surface area (Å²) in [6.07, 6.45) is -0.274. The molecule has 0 spiro atoms. The van der Waals surface area contributed by atoms with Crippen molar-refractivity contribution in [1.29, 1.82) is 0 Å². The molecule has 1 aromatic heterocycles. The second kappa shape index (κ2) is 6.14. The molecule has 3 nitrogen and oxygen atoms in total. The van der Waals surface area contributed by atoms with E-state index in [1.54, 1.807) is 0 Å². The average molecular weight is 273 g/mol. The van der Waals surface area contributed by atoms with E-state index >= 15 is 0 Å². The van der Waals surface area contributed by atoms with Gasteiger partial charge >= 0.3 is 0 Å². The molecule has 0 saturated carbocycles. The molecule has 3 heteroatoms. The molecule has 108 valence electrons. The SMILES string of the molecule is Cc1ccc(C(Oc2ccccc2C(C)C)C(C)N)o1. The van der Waals surface area contributed by atoms with Gasteiger partial charge in [-0.05, 0) is 43.5 Å². The van der Waals surface area contributed by atoms with Gasteiger partial charge in [0.05, 0.1) is 0 Å². The van der Waals surface area contributed by atoms with Crippen molar-refractivity contribution in [3.05, 3.63) is 53.5 Å². The lowest BCUT2D eigenvalue weighted by Gasteiger charge is -2.23. The minimum absolute atomic E-state index is 0.152. The van der Waals surface area contributed by atoms with Crippen LogP contribution in [0.3, 0.4) is 0 Å². The maximum atomic E-state index is 6.15. The van der Waals surface area contributed by atoms with Gasteiger partial charge in [-0.25, -0.2) is 0 Å². The number of hydrogen-bond donors (Lipinski definition) is 1. The van der Waals surface area contributed by atoms with Crippen LogP contribution in [-0.4, -0.2) is 6.04 Å². The van der Waals surface area contributed by atoms with Crippen LogP contribution in [0.15, 0.2) is 40.8 Å². The third-order valence-electron chi connectivity index (χ3n) is 3.31. The fourth-order valence-corrected chi connectivity index (χ4v) is 2.23. The van der Waals surface area contributed by atoms with Gasteiger partial charge in [-0.3, -0.25) is 0 Å². The van der Waals surface area contributed by atoms with Gasteiger partial charge in [0.25, 0.3) is 0 Å². The number of para-hydroxylation sites is 1. The van der Waals surface area contributed by atoms with Crippen molar-refractivity contribution in [3.63, 3.8) is 0 Å². The Bertz CT molecular complexity index is 558. The average Bonchev–Trinajstić information content (AvgIpc) is 2.82. The highest BCUT2D eigenvalue weighted by molar-refractivity contribution is 5.36. The smallest absolute Gasteiger partial charge is 0.171 e. The molecule has 0 radical (unpaired) electrons. The Labute approximate surface area is 120 Å². The van der Waals surface area contributed by atoms with Crippen molar-refractivity contribution in [2.75, 3.05) is 0 Å². The Morgan fingerprint density at radius 2 is 1.75 bits per heavy atom. The molecule has 0 fully saturated rings. The molecular formula is C17H23NO2. The number of ether oxygens (including phenoxy) is 1. The highest BCUT2D eigenvalue weighted by Gasteiger charge is 2.23. The standard InChI is InChI=1S/C17H23NO2/c1-11(2)14-7-5-6-8-15(14)20-17(13(4)18)16-10-9-12(3)19-16/h5-11,13,17H,18H2,1-4H3. The Balaban J connectivity index is 2.30. The van der Waals surface area contributed by atoms with E-state index < -0.39 is 0 Å². The Hall–Kier alpha value is -1.74. The molecule has 1 heterocycles. The first-order valence-electron chi connectivity index (χ1n) is 7.06. The van der Waals surface area contributed by atoms with Crippen molar-refractivity contribution < 1.29 is 9.15 Å². The van der Waals surface area contributed by atoms with Gasteiger partial charge in [0, 0.05) is 6.04 Å². The molecular weight excluding hydrogens is 250 g/mol. The van der Waals surface area contributed by atoms with Crippen LogP contribution in [0.25, 0.3) is 0 Å². The molecule has 2 rings (SSSR count). The minimum atomic E-state index is -0.274. The summed E-state index contributed by atoms with van der Waals surface area (Å²) in [6, 6.07) is 11.8. The first kappa shape index (κ1) is 14.7. The summed E-state index contributed by atoms with van der Waals surface area (Å²) in [5.74, 6) is 2.92. The molecule has 2 atom stereocenters.